The lowest BCUT2D eigenvalue weighted by Crippen LogP contribution is -2.44. The minimum atomic E-state index is -0.361. The molecule has 1 aromatic heterocycles. The van der Waals surface area contributed by atoms with E-state index in [2.05, 4.69) is 40.1 Å². The van der Waals surface area contributed by atoms with Crippen LogP contribution in [0.5, 0.6) is 11.5 Å². The molecule has 4 rings (SSSR count). The van der Waals surface area contributed by atoms with Crippen LogP contribution < -0.4 is 9.47 Å². The third-order valence-corrected chi connectivity index (χ3v) is 7.05. The SMILES string of the molecule is CCN(CCN1CCC(C#N)(c2ccccc2)CC1)Cc1cc(-c2cccc(OC)c2OC)no1. The van der Waals surface area contributed by atoms with Crippen molar-refractivity contribution in [1.82, 2.24) is 15.0 Å². The van der Waals surface area contributed by atoms with Crippen molar-refractivity contribution in [3.05, 3.63) is 65.9 Å². The van der Waals surface area contributed by atoms with Gasteiger partial charge < -0.3 is 18.9 Å². The highest BCUT2D eigenvalue weighted by atomic mass is 16.5. The highest BCUT2D eigenvalue weighted by Gasteiger charge is 2.36. The van der Waals surface area contributed by atoms with E-state index in [4.69, 9.17) is 14.0 Å². The van der Waals surface area contributed by atoms with Crippen molar-refractivity contribution in [2.24, 2.45) is 0 Å². The van der Waals surface area contributed by atoms with Gasteiger partial charge in [-0.25, -0.2) is 0 Å². The number of benzene rings is 2. The molecule has 1 aliphatic heterocycles. The summed E-state index contributed by atoms with van der Waals surface area (Å²) in [5, 5.41) is 14.2. The molecule has 3 aromatic rings. The van der Waals surface area contributed by atoms with Gasteiger partial charge in [-0.05, 0) is 37.1 Å². The van der Waals surface area contributed by atoms with Crippen LogP contribution in [-0.4, -0.2) is 61.9 Å². The zero-order chi connectivity index (χ0) is 24.7. The van der Waals surface area contributed by atoms with Gasteiger partial charge in [0.1, 0.15) is 5.69 Å². The maximum absolute atomic E-state index is 9.94. The van der Waals surface area contributed by atoms with E-state index in [1.807, 2.05) is 42.5 Å². The Morgan fingerprint density at radius 3 is 2.51 bits per heavy atom. The standard InChI is InChI=1S/C28H34N4O3/c1-4-31(17-18-32-15-13-28(21-29,14-16-32)22-9-6-5-7-10-22)20-23-19-25(30-35-23)24-11-8-12-26(33-2)27(24)34-3/h5-12,19H,4,13-18,20H2,1-3H3. The summed E-state index contributed by atoms with van der Waals surface area (Å²) in [6, 6.07) is 20.6. The largest absolute Gasteiger partial charge is 0.493 e. The zero-order valence-electron chi connectivity index (χ0n) is 20.9. The molecule has 2 heterocycles. The fourth-order valence-electron chi connectivity index (χ4n) is 4.84. The molecule has 0 atom stereocenters. The fourth-order valence-corrected chi connectivity index (χ4v) is 4.84. The lowest BCUT2D eigenvalue weighted by molar-refractivity contribution is 0.151. The number of nitrogens with zero attached hydrogens (tertiary/aromatic N) is 4. The summed E-state index contributed by atoms with van der Waals surface area (Å²) < 4.78 is 16.6. The van der Waals surface area contributed by atoms with Crippen LogP contribution in [0.15, 0.2) is 59.1 Å². The van der Waals surface area contributed by atoms with Crippen LogP contribution in [-0.2, 0) is 12.0 Å². The second-order valence-corrected chi connectivity index (χ2v) is 8.99. The van der Waals surface area contributed by atoms with E-state index in [9.17, 15) is 5.26 Å². The van der Waals surface area contributed by atoms with Gasteiger partial charge in [-0.15, -0.1) is 0 Å². The third kappa shape index (κ3) is 5.50. The highest BCUT2D eigenvalue weighted by molar-refractivity contribution is 5.71. The number of likely N-dealkylation sites (N-methyl/N-ethyl adjacent to an activating group) is 1. The van der Waals surface area contributed by atoms with E-state index < -0.39 is 0 Å². The normalized spacial score (nSPS) is 15.6. The Kier molecular flexibility index (Phi) is 8.06. The van der Waals surface area contributed by atoms with E-state index in [0.29, 0.717) is 18.0 Å². The first-order valence-corrected chi connectivity index (χ1v) is 12.2. The van der Waals surface area contributed by atoms with Crippen molar-refractivity contribution in [2.45, 2.75) is 31.7 Å². The van der Waals surface area contributed by atoms with E-state index in [-0.39, 0.29) is 5.41 Å². The van der Waals surface area contributed by atoms with Gasteiger partial charge in [0.15, 0.2) is 17.3 Å². The van der Waals surface area contributed by atoms with Crippen molar-refractivity contribution in [3.63, 3.8) is 0 Å². The first-order chi connectivity index (χ1) is 17.1. The van der Waals surface area contributed by atoms with Crippen LogP contribution in [0, 0.1) is 11.3 Å². The van der Waals surface area contributed by atoms with Gasteiger partial charge in [-0.2, -0.15) is 5.26 Å². The van der Waals surface area contributed by atoms with Gasteiger partial charge in [0.25, 0.3) is 0 Å². The molecule has 1 saturated heterocycles. The molecule has 0 radical (unpaired) electrons. The topological polar surface area (TPSA) is 74.8 Å². The summed E-state index contributed by atoms with van der Waals surface area (Å²) in [5.41, 5.74) is 2.36. The molecule has 1 fully saturated rings. The number of rotatable bonds is 10. The third-order valence-electron chi connectivity index (χ3n) is 7.05. The van der Waals surface area contributed by atoms with Gasteiger partial charge in [0.05, 0.1) is 32.2 Å². The predicted molar refractivity (Wildman–Crippen MR) is 135 cm³/mol. The Bertz CT molecular complexity index is 1130. The molecule has 2 aromatic carbocycles. The molecule has 0 saturated carbocycles. The van der Waals surface area contributed by atoms with Gasteiger partial charge in [0, 0.05) is 37.8 Å². The van der Waals surface area contributed by atoms with Crippen LogP contribution in [0.3, 0.4) is 0 Å². The molecule has 7 heteroatoms. The maximum Gasteiger partial charge on any atom is 0.170 e. The Morgan fingerprint density at radius 2 is 1.86 bits per heavy atom. The Hall–Kier alpha value is -3.34. The van der Waals surface area contributed by atoms with Crippen molar-refractivity contribution in [3.8, 4) is 28.8 Å². The van der Waals surface area contributed by atoms with Crippen LogP contribution in [0.4, 0.5) is 0 Å². The summed E-state index contributed by atoms with van der Waals surface area (Å²) in [6.45, 7) is 7.53. The minimum Gasteiger partial charge on any atom is -0.493 e. The average molecular weight is 475 g/mol. The molecular weight excluding hydrogens is 440 g/mol. The number of hydrogen-bond acceptors (Lipinski definition) is 7. The lowest BCUT2D eigenvalue weighted by Gasteiger charge is -2.38. The average Bonchev–Trinajstić information content (AvgIpc) is 3.39. The van der Waals surface area contributed by atoms with Gasteiger partial charge in [-0.3, -0.25) is 4.90 Å². The van der Waals surface area contributed by atoms with Crippen molar-refractivity contribution >= 4 is 0 Å². The summed E-state index contributed by atoms with van der Waals surface area (Å²) in [5.74, 6) is 2.13. The first kappa shape index (κ1) is 24.8. The van der Waals surface area contributed by atoms with E-state index in [1.165, 1.54) is 0 Å². The van der Waals surface area contributed by atoms with E-state index in [1.54, 1.807) is 14.2 Å². The van der Waals surface area contributed by atoms with E-state index in [0.717, 1.165) is 68.1 Å². The number of piperidine rings is 1. The number of likely N-dealkylation sites (tertiary alicyclic amines) is 1. The molecule has 0 spiro atoms. The molecule has 0 unspecified atom stereocenters. The maximum atomic E-state index is 9.94. The Morgan fingerprint density at radius 1 is 1.09 bits per heavy atom. The molecule has 35 heavy (non-hydrogen) atoms. The molecule has 0 aliphatic carbocycles. The molecule has 1 aliphatic rings. The lowest BCUT2D eigenvalue weighted by atomic mass is 9.74. The number of aromatic nitrogens is 1. The highest BCUT2D eigenvalue weighted by Crippen LogP contribution is 2.37. The van der Waals surface area contributed by atoms with Crippen molar-refractivity contribution in [1.29, 1.82) is 5.26 Å². The summed E-state index contributed by atoms with van der Waals surface area (Å²) in [6.07, 6.45) is 1.74. The monoisotopic (exact) mass is 474 g/mol. The number of methoxy groups -OCH3 is 2. The summed E-state index contributed by atoms with van der Waals surface area (Å²) in [4.78, 5) is 4.82. The Balaban J connectivity index is 1.33. The zero-order valence-corrected chi connectivity index (χ0v) is 20.9. The molecule has 0 N–H and O–H groups in total. The Labute approximate surface area is 207 Å². The van der Waals surface area contributed by atoms with Crippen LogP contribution >= 0.6 is 0 Å². The number of para-hydroxylation sites is 1. The van der Waals surface area contributed by atoms with Gasteiger partial charge in [-0.1, -0.05) is 48.5 Å². The van der Waals surface area contributed by atoms with Gasteiger partial charge in [0.2, 0.25) is 0 Å². The molecule has 0 bridgehead atoms. The summed E-state index contributed by atoms with van der Waals surface area (Å²) in [7, 11) is 3.25. The van der Waals surface area contributed by atoms with Crippen LogP contribution in [0.1, 0.15) is 31.1 Å². The fraction of sp³-hybridized carbons (Fsp3) is 0.429. The molecule has 7 nitrogen and oxygen atoms in total. The first-order valence-electron chi connectivity index (χ1n) is 12.2. The second-order valence-electron chi connectivity index (χ2n) is 8.99. The molecular formula is C28H34N4O3. The van der Waals surface area contributed by atoms with Crippen LogP contribution in [0.2, 0.25) is 0 Å². The smallest absolute Gasteiger partial charge is 0.170 e. The quantitative estimate of drug-likeness (QED) is 0.420. The summed E-state index contributed by atoms with van der Waals surface area (Å²) >= 11 is 0. The van der Waals surface area contributed by atoms with Crippen LogP contribution in [0.25, 0.3) is 11.3 Å². The van der Waals surface area contributed by atoms with Gasteiger partial charge >= 0.3 is 0 Å². The molecule has 0 amide bonds. The molecule has 184 valence electrons. The minimum absolute atomic E-state index is 0.361. The van der Waals surface area contributed by atoms with Crippen molar-refractivity contribution in [2.75, 3.05) is 46.9 Å². The number of ether oxygens (including phenoxy) is 2. The number of nitriles is 1. The van der Waals surface area contributed by atoms with Crippen molar-refractivity contribution < 1.29 is 14.0 Å². The second kappa shape index (κ2) is 11.4. The number of hydrogen-bond donors (Lipinski definition) is 0. The van der Waals surface area contributed by atoms with E-state index >= 15 is 0 Å². The predicted octanol–water partition coefficient (Wildman–Crippen LogP) is 4.74.